The predicted octanol–water partition coefficient (Wildman–Crippen LogP) is -1.02. The minimum absolute atomic E-state index is 0.432. The number of anilines is 1. The van der Waals surface area contributed by atoms with E-state index in [1.165, 1.54) is 0 Å². The number of hydrogen-bond donors (Lipinski definition) is 4. The third kappa shape index (κ3) is 1.29. The first kappa shape index (κ1) is 17.5. The molecule has 2 amide bonds. The Bertz CT molecular complexity index is 1080. The molecule has 1 aromatic carbocycles. The van der Waals surface area contributed by atoms with Crippen LogP contribution in [0.25, 0.3) is 0 Å². The number of nitrogens with zero attached hydrogens (tertiary/aromatic N) is 1. The number of carbonyl (C=O) groups is 3. The molecule has 1 aliphatic carbocycles. The fraction of sp³-hybridized carbons (Fsp3) is 0.550. The maximum Gasteiger partial charge on any atom is 0.271 e. The Hall–Kier alpha value is -2.33. The van der Waals surface area contributed by atoms with Crippen molar-refractivity contribution in [3.63, 3.8) is 0 Å². The van der Waals surface area contributed by atoms with Crippen LogP contribution in [0.4, 0.5) is 5.69 Å². The van der Waals surface area contributed by atoms with Gasteiger partial charge in [-0.3, -0.25) is 14.4 Å². The second-order valence-corrected chi connectivity index (χ2v) is 9.35. The highest BCUT2D eigenvalue weighted by atomic mass is 16.7. The summed E-state index contributed by atoms with van der Waals surface area (Å²) in [5, 5.41) is 37.4. The van der Waals surface area contributed by atoms with E-state index in [4.69, 9.17) is 4.74 Å². The highest BCUT2D eigenvalue weighted by molar-refractivity contribution is 6.14. The number of rotatable bonds is 1. The van der Waals surface area contributed by atoms with E-state index in [-0.39, 0.29) is 0 Å². The zero-order chi connectivity index (χ0) is 20.9. The highest BCUT2D eigenvalue weighted by Crippen LogP contribution is 2.74. The quantitative estimate of drug-likeness (QED) is 0.443. The van der Waals surface area contributed by atoms with Crippen LogP contribution in [-0.4, -0.2) is 60.5 Å². The molecule has 152 valence electrons. The van der Waals surface area contributed by atoms with Crippen LogP contribution in [0.3, 0.4) is 0 Å². The normalized spacial score (nSPS) is 47.3. The SMILES string of the molecule is CC(=O)C1(O)C(=O)N2C(C)(C)C3Cc4cccc5c4C4(OC1(O)C2(O)C34)C(=O)N5. The first-order chi connectivity index (χ1) is 13.4. The Balaban J connectivity index is 1.76. The number of ether oxygens (including phenoxy) is 1. The van der Waals surface area contributed by atoms with E-state index >= 15 is 0 Å². The minimum Gasteiger partial charge on any atom is -0.369 e. The van der Waals surface area contributed by atoms with Gasteiger partial charge in [0.1, 0.15) is 0 Å². The Morgan fingerprint density at radius 1 is 1.24 bits per heavy atom. The third-order valence-electron chi connectivity index (χ3n) is 7.97. The molecule has 0 bridgehead atoms. The van der Waals surface area contributed by atoms with Gasteiger partial charge in [-0.05, 0) is 44.7 Å². The van der Waals surface area contributed by atoms with E-state index in [0.29, 0.717) is 17.7 Å². The van der Waals surface area contributed by atoms with Crippen molar-refractivity contribution in [3.05, 3.63) is 29.3 Å². The fourth-order valence-electron chi connectivity index (χ4n) is 6.83. The summed E-state index contributed by atoms with van der Waals surface area (Å²) in [4.78, 5) is 40.0. The van der Waals surface area contributed by atoms with Crippen LogP contribution in [0.5, 0.6) is 0 Å². The van der Waals surface area contributed by atoms with Gasteiger partial charge < -0.3 is 30.3 Å². The predicted molar refractivity (Wildman–Crippen MR) is 95.0 cm³/mol. The number of hydrogen-bond acceptors (Lipinski definition) is 7. The van der Waals surface area contributed by atoms with Crippen molar-refractivity contribution in [2.75, 3.05) is 5.32 Å². The number of aliphatic hydroxyl groups is 3. The van der Waals surface area contributed by atoms with Gasteiger partial charge in [0.05, 0.1) is 5.92 Å². The number of nitrogens with one attached hydrogen (secondary N) is 1. The van der Waals surface area contributed by atoms with E-state index in [0.717, 1.165) is 17.4 Å². The number of ketones is 1. The Labute approximate surface area is 165 Å². The first-order valence-electron chi connectivity index (χ1n) is 9.57. The lowest BCUT2D eigenvalue weighted by atomic mass is 9.61. The molecule has 6 unspecified atom stereocenters. The molecule has 6 atom stereocenters. The molecule has 4 aliphatic heterocycles. The molecule has 3 fully saturated rings. The molecule has 1 spiro atoms. The number of amides is 2. The molecule has 0 aromatic heterocycles. The summed E-state index contributed by atoms with van der Waals surface area (Å²) in [5.74, 6) is -7.32. The summed E-state index contributed by atoms with van der Waals surface area (Å²) in [5.41, 5.74) is -6.61. The summed E-state index contributed by atoms with van der Waals surface area (Å²) >= 11 is 0. The molecule has 6 rings (SSSR count). The van der Waals surface area contributed by atoms with Crippen molar-refractivity contribution in [2.45, 2.75) is 55.4 Å². The van der Waals surface area contributed by atoms with E-state index in [1.807, 2.05) is 6.07 Å². The van der Waals surface area contributed by atoms with Crippen LogP contribution in [0.1, 0.15) is 31.9 Å². The molecule has 0 radical (unpaired) electrons. The highest BCUT2D eigenvalue weighted by Gasteiger charge is 2.95. The maximum absolute atomic E-state index is 13.3. The van der Waals surface area contributed by atoms with E-state index < -0.39 is 57.7 Å². The topological polar surface area (TPSA) is 136 Å². The first-order valence-corrected chi connectivity index (χ1v) is 9.57. The van der Waals surface area contributed by atoms with Gasteiger partial charge in [0, 0.05) is 16.8 Å². The van der Waals surface area contributed by atoms with Crippen LogP contribution in [0.2, 0.25) is 0 Å². The second kappa shape index (κ2) is 4.24. The summed E-state index contributed by atoms with van der Waals surface area (Å²) in [6.45, 7) is 4.35. The molecule has 0 saturated carbocycles. The molecular formula is C20H20N2O7. The molecule has 5 aliphatic rings. The zero-order valence-electron chi connectivity index (χ0n) is 16.0. The van der Waals surface area contributed by atoms with Gasteiger partial charge in [-0.15, -0.1) is 0 Å². The molecule has 1 aromatic rings. The largest absolute Gasteiger partial charge is 0.369 e. The fourth-order valence-corrected chi connectivity index (χ4v) is 6.83. The van der Waals surface area contributed by atoms with Crippen molar-refractivity contribution in [1.82, 2.24) is 4.90 Å². The van der Waals surface area contributed by atoms with Crippen LogP contribution >= 0.6 is 0 Å². The average molecular weight is 400 g/mol. The van der Waals surface area contributed by atoms with E-state index in [2.05, 4.69) is 5.32 Å². The number of benzene rings is 1. The Morgan fingerprint density at radius 3 is 2.59 bits per heavy atom. The lowest BCUT2D eigenvalue weighted by Gasteiger charge is -2.42. The van der Waals surface area contributed by atoms with Crippen molar-refractivity contribution in [2.24, 2.45) is 11.8 Å². The van der Waals surface area contributed by atoms with Crippen molar-refractivity contribution >= 4 is 23.3 Å². The summed E-state index contributed by atoms with van der Waals surface area (Å²) < 4.78 is 5.91. The number of Topliss-reactive ketones (excluding diaryl/α,β-unsaturated/α-hetero) is 1. The van der Waals surface area contributed by atoms with Crippen LogP contribution in [0, 0.1) is 11.8 Å². The van der Waals surface area contributed by atoms with Crippen LogP contribution in [-0.2, 0) is 31.1 Å². The lowest BCUT2D eigenvalue weighted by molar-refractivity contribution is -0.327. The van der Waals surface area contributed by atoms with Crippen LogP contribution < -0.4 is 5.32 Å². The minimum atomic E-state index is -3.03. The second-order valence-electron chi connectivity index (χ2n) is 9.35. The van der Waals surface area contributed by atoms with Crippen LogP contribution in [0.15, 0.2) is 18.2 Å². The molecular weight excluding hydrogens is 380 g/mol. The molecule has 3 saturated heterocycles. The molecule has 29 heavy (non-hydrogen) atoms. The van der Waals surface area contributed by atoms with Gasteiger partial charge >= 0.3 is 0 Å². The lowest BCUT2D eigenvalue weighted by Crippen LogP contribution is -2.66. The Kier molecular flexibility index (Phi) is 2.56. The smallest absolute Gasteiger partial charge is 0.271 e. The standard InChI is InChI=1S/C20H20N2O7/c1-8(23)18(26)15(25)22-16(2,3)10-7-9-5-4-6-11-12(9)17(14(24)21-11)13(10)19(22,27)20(18,28)29-17/h4-6,10,13,26-28H,7H2,1-3H3,(H,21,24). The maximum atomic E-state index is 13.3. The van der Waals surface area contributed by atoms with E-state index in [9.17, 15) is 29.7 Å². The van der Waals surface area contributed by atoms with Crippen molar-refractivity contribution in [3.8, 4) is 0 Å². The third-order valence-corrected chi connectivity index (χ3v) is 7.97. The average Bonchev–Trinajstić information content (AvgIpc) is 3.15. The van der Waals surface area contributed by atoms with Crippen molar-refractivity contribution < 1.29 is 34.4 Å². The molecule has 9 nitrogen and oxygen atoms in total. The van der Waals surface area contributed by atoms with Gasteiger partial charge in [0.15, 0.2) is 11.4 Å². The summed E-state index contributed by atoms with van der Waals surface area (Å²) in [7, 11) is 0. The Morgan fingerprint density at radius 2 is 1.93 bits per heavy atom. The van der Waals surface area contributed by atoms with Gasteiger partial charge in [-0.1, -0.05) is 12.1 Å². The van der Waals surface area contributed by atoms with Gasteiger partial charge in [-0.2, -0.15) is 0 Å². The molecule has 9 heteroatoms. The summed E-state index contributed by atoms with van der Waals surface area (Å²) in [6, 6.07) is 5.32. The zero-order valence-corrected chi connectivity index (χ0v) is 16.0. The molecule has 4 N–H and O–H groups in total. The van der Waals surface area contributed by atoms with Crippen molar-refractivity contribution in [1.29, 1.82) is 0 Å². The van der Waals surface area contributed by atoms with Gasteiger partial charge in [0.2, 0.25) is 5.72 Å². The van der Waals surface area contributed by atoms with E-state index in [1.54, 1.807) is 26.0 Å². The number of carbonyl (C=O) groups excluding carboxylic acids is 3. The van der Waals surface area contributed by atoms with Gasteiger partial charge in [-0.25, -0.2) is 0 Å². The summed E-state index contributed by atoms with van der Waals surface area (Å²) in [6.07, 6.45) is 0.432. The van der Waals surface area contributed by atoms with Gasteiger partial charge in [0.25, 0.3) is 23.2 Å². The monoisotopic (exact) mass is 400 g/mol. The molecule has 4 heterocycles.